The molecule has 0 aliphatic heterocycles. The molecule has 9 aromatic rings. The number of hydrogen-bond donors (Lipinski definition) is 0. The summed E-state index contributed by atoms with van der Waals surface area (Å²) in [4.78, 5) is 24.6. The molecule has 0 unspecified atom stereocenters. The van der Waals surface area contributed by atoms with Gasteiger partial charge in [-0.05, 0) is 72.8 Å². The second kappa shape index (κ2) is 11.1. The van der Waals surface area contributed by atoms with Gasteiger partial charge in [0.1, 0.15) is 5.52 Å². The third-order valence-electron chi connectivity index (χ3n) is 8.36. The predicted molar refractivity (Wildman–Crippen MR) is 187 cm³/mol. The number of fused-ring (bicyclic) bond motifs is 5. The second-order valence-corrected chi connectivity index (χ2v) is 11.3. The Hall–Kier alpha value is -6.53. The van der Waals surface area contributed by atoms with E-state index in [1.165, 1.54) is 0 Å². The molecule has 0 aliphatic rings. The Morgan fingerprint density at radius 3 is 1.91 bits per heavy atom. The molecule has 220 valence electrons. The number of nitrogens with zero attached hydrogens (tertiary/aromatic N) is 5. The van der Waals surface area contributed by atoms with E-state index in [2.05, 4.69) is 47.4 Å². The number of hydrogen-bond acceptors (Lipinski definition) is 6. The Balaban J connectivity index is 1.17. The minimum atomic E-state index is 0.601. The lowest BCUT2D eigenvalue weighted by atomic mass is 9.97. The largest absolute Gasteiger partial charge is 0.436 e. The van der Waals surface area contributed by atoms with E-state index in [0.717, 1.165) is 83.6 Å². The lowest BCUT2D eigenvalue weighted by Gasteiger charge is -2.12. The standard InChI is InChI=1S/C41H25N5O/c1-2-11-26(12-3-1)41-46-40-37(47-41)23-22-30-38(40)29-15-4-5-16-32(29)45-39(30)28-14-8-13-27(25-28)31-18-9-20-35(43-31)36-21-10-19-34(44-36)33-17-6-7-24-42-33/h1-25H. The molecule has 9 rings (SSSR count). The van der Waals surface area contributed by atoms with Crippen LogP contribution >= 0.6 is 0 Å². The van der Waals surface area contributed by atoms with Gasteiger partial charge in [-0.15, -0.1) is 0 Å². The summed E-state index contributed by atoms with van der Waals surface area (Å²) in [7, 11) is 0. The van der Waals surface area contributed by atoms with E-state index < -0.39 is 0 Å². The Bertz CT molecular complexity index is 2580. The van der Waals surface area contributed by atoms with Crippen LogP contribution in [0.5, 0.6) is 0 Å². The summed E-state index contributed by atoms with van der Waals surface area (Å²) < 4.78 is 6.27. The number of rotatable bonds is 5. The fourth-order valence-corrected chi connectivity index (χ4v) is 6.15. The van der Waals surface area contributed by atoms with Crippen molar-refractivity contribution in [3.8, 4) is 56.7 Å². The van der Waals surface area contributed by atoms with E-state index in [4.69, 9.17) is 24.4 Å². The third-order valence-corrected chi connectivity index (χ3v) is 8.36. The van der Waals surface area contributed by atoms with Crippen molar-refractivity contribution in [1.29, 1.82) is 0 Å². The Morgan fingerprint density at radius 2 is 1.09 bits per heavy atom. The molecule has 0 saturated heterocycles. The molecule has 0 amide bonds. The Labute approximate surface area is 270 Å². The van der Waals surface area contributed by atoms with Gasteiger partial charge in [0.2, 0.25) is 5.89 Å². The van der Waals surface area contributed by atoms with E-state index in [-0.39, 0.29) is 0 Å². The summed E-state index contributed by atoms with van der Waals surface area (Å²) in [6.07, 6.45) is 1.78. The van der Waals surface area contributed by atoms with Crippen molar-refractivity contribution >= 4 is 32.8 Å². The van der Waals surface area contributed by atoms with Crippen molar-refractivity contribution in [1.82, 2.24) is 24.9 Å². The van der Waals surface area contributed by atoms with Crippen molar-refractivity contribution < 1.29 is 4.42 Å². The van der Waals surface area contributed by atoms with Crippen molar-refractivity contribution in [2.45, 2.75) is 0 Å². The van der Waals surface area contributed by atoms with Gasteiger partial charge in [-0.2, -0.15) is 0 Å². The molecule has 0 fully saturated rings. The van der Waals surface area contributed by atoms with Crippen LogP contribution in [0.25, 0.3) is 89.5 Å². The smallest absolute Gasteiger partial charge is 0.227 e. The van der Waals surface area contributed by atoms with E-state index in [0.29, 0.717) is 5.89 Å². The number of oxazole rings is 1. The van der Waals surface area contributed by atoms with Crippen LogP contribution < -0.4 is 0 Å². The highest BCUT2D eigenvalue weighted by atomic mass is 16.3. The van der Waals surface area contributed by atoms with Crippen molar-refractivity contribution in [3.05, 3.63) is 152 Å². The third kappa shape index (κ3) is 4.80. The summed E-state index contributed by atoms with van der Waals surface area (Å²) in [5.74, 6) is 0.601. The molecule has 6 heteroatoms. The predicted octanol–water partition coefficient (Wildman–Crippen LogP) is 10.0. The number of benzene rings is 4. The average Bonchev–Trinajstić information content (AvgIpc) is 3.60. The molecule has 4 aromatic carbocycles. The minimum Gasteiger partial charge on any atom is -0.436 e. The number of para-hydroxylation sites is 1. The molecule has 5 heterocycles. The maximum atomic E-state index is 6.27. The lowest BCUT2D eigenvalue weighted by Crippen LogP contribution is -1.94. The van der Waals surface area contributed by atoms with Crippen LogP contribution in [-0.2, 0) is 0 Å². The summed E-state index contributed by atoms with van der Waals surface area (Å²) >= 11 is 0. The zero-order valence-electron chi connectivity index (χ0n) is 25.1. The maximum absolute atomic E-state index is 6.27. The van der Waals surface area contributed by atoms with Crippen molar-refractivity contribution in [2.75, 3.05) is 0 Å². The molecule has 0 N–H and O–H groups in total. The molecule has 0 atom stereocenters. The monoisotopic (exact) mass is 603 g/mol. The highest BCUT2D eigenvalue weighted by molar-refractivity contribution is 6.20. The van der Waals surface area contributed by atoms with Gasteiger partial charge in [-0.25, -0.2) is 19.9 Å². The van der Waals surface area contributed by atoms with Gasteiger partial charge in [0.05, 0.1) is 39.7 Å². The van der Waals surface area contributed by atoms with E-state index in [1.54, 1.807) is 6.20 Å². The maximum Gasteiger partial charge on any atom is 0.227 e. The van der Waals surface area contributed by atoms with Gasteiger partial charge in [0, 0.05) is 39.0 Å². The SMILES string of the molecule is c1ccc(-c2nc3c(ccc4c(-c5cccc(-c6cccc(-c7cccc(-c8ccccn8)n7)n6)c5)nc5ccccc5c43)o2)cc1. The normalized spacial score (nSPS) is 11.4. The minimum absolute atomic E-state index is 0.601. The molecule has 0 bridgehead atoms. The summed E-state index contributed by atoms with van der Waals surface area (Å²) in [6, 6.07) is 48.5. The van der Waals surface area contributed by atoms with Crippen LogP contribution in [0.4, 0.5) is 0 Å². The first-order valence-corrected chi connectivity index (χ1v) is 15.4. The van der Waals surface area contributed by atoms with Crippen LogP contribution in [0, 0.1) is 0 Å². The van der Waals surface area contributed by atoms with Crippen LogP contribution in [0.1, 0.15) is 0 Å². The molecule has 5 aromatic heterocycles. The Kier molecular flexibility index (Phi) is 6.35. The zero-order chi connectivity index (χ0) is 31.2. The molecule has 0 aliphatic carbocycles. The Morgan fingerprint density at radius 1 is 0.426 bits per heavy atom. The van der Waals surface area contributed by atoms with Crippen LogP contribution in [0.2, 0.25) is 0 Å². The van der Waals surface area contributed by atoms with E-state index in [1.807, 2.05) is 103 Å². The molecule has 6 nitrogen and oxygen atoms in total. The fraction of sp³-hybridized carbons (Fsp3) is 0. The number of pyridine rings is 4. The van der Waals surface area contributed by atoms with Gasteiger partial charge in [-0.1, -0.05) is 72.8 Å². The van der Waals surface area contributed by atoms with Crippen LogP contribution in [0.3, 0.4) is 0 Å². The zero-order valence-corrected chi connectivity index (χ0v) is 25.1. The fourth-order valence-electron chi connectivity index (χ4n) is 6.15. The number of aromatic nitrogens is 5. The van der Waals surface area contributed by atoms with Gasteiger partial charge in [0.25, 0.3) is 0 Å². The summed E-state index contributed by atoms with van der Waals surface area (Å²) in [6.45, 7) is 0. The van der Waals surface area contributed by atoms with Crippen molar-refractivity contribution in [3.63, 3.8) is 0 Å². The topological polar surface area (TPSA) is 77.6 Å². The summed E-state index contributed by atoms with van der Waals surface area (Å²) in [5, 5.41) is 3.08. The molecule has 47 heavy (non-hydrogen) atoms. The van der Waals surface area contributed by atoms with E-state index in [9.17, 15) is 0 Å². The molecule has 0 radical (unpaired) electrons. The van der Waals surface area contributed by atoms with Gasteiger partial charge >= 0.3 is 0 Å². The van der Waals surface area contributed by atoms with Crippen LogP contribution in [0.15, 0.2) is 156 Å². The molecule has 0 saturated carbocycles. The van der Waals surface area contributed by atoms with Crippen molar-refractivity contribution in [2.24, 2.45) is 0 Å². The first kappa shape index (κ1) is 26.8. The van der Waals surface area contributed by atoms with Crippen LogP contribution in [-0.4, -0.2) is 24.9 Å². The second-order valence-electron chi connectivity index (χ2n) is 11.3. The quantitative estimate of drug-likeness (QED) is 0.182. The first-order valence-electron chi connectivity index (χ1n) is 15.4. The van der Waals surface area contributed by atoms with Gasteiger partial charge < -0.3 is 4.42 Å². The lowest BCUT2D eigenvalue weighted by molar-refractivity contribution is 0.620. The molecule has 0 spiro atoms. The first-order chi connectivity index (χ1) is 23.3. The molecular formula is C41H25N5O. The van der Waals surface area contributed by atoms with E-state index >= 15 is 0 Å². The van der Waals surface area contributed by atoms with Gasteiger partial charge in [0.15, 0.2) is 5.58 Å². The summed E-state index contributed by atoms with van der Waals surface area (Å²) in [5.41, 5.74) is 10.3. The highest BCUT2D eigenvalue weighted by Crippen LogP contribution is 2.39. The highest BCUT2D eigenvalue weighted by Gasteiger charge is 2.18. The average molecular weight is 604 g/mol. The van der Waals surface area contributed by atoms with Gasteiger partial charge in [-0.3, -0.25) is 4.98 Å². The molecular weight excluding hydrogens is 578 g/mol.